The van der Waals surface area contributed by atoms with E-state index < -0.39 is 12.1 Å². The van der Waals surface area contributed by atoms with Gasteiger partial charge in [0.1, 0.15) is 0 Å². The molecular weight excluding hydrogens is 167 g/mol. The lowest BCUT2D eigenvalue weighted by Gasteiger charge is -2.14. The molecule has 66 valence electrons. The average Bonchev–Trinajstić information content (AvgIpc) is 1.81. The van der Waals surface area contributed by atoms with Crippen LogP contribution in [0.2, 0.25) is 0 Å². The first-order valence-electron chi connectivity index (χ1n) is 2.93. The van der Waals surface area contributed by atoms with Crippen LogP contribution in [0.15, 0.2) is 12.2 Å². The maximum Gasteiger partial charge on any atom is 0.457 e. The smallest absolute Gasteiger partial charge is 0.192 e. The van der Waals surface area contributed by atoms with E-state index in [1.165, 1.54) is 6.92 Å². The molecule has 11 heavy (non-hydrogen) atoms. The zero-order valence-electron chi connectivity index (χ0n) is 5.75. The molecule has 0 amide bonds. The van der Waals surface area contributed by atoms with E-state index in [1.807, 2.05) is 0 Å². The molecule has 0 spiro atoms. The van der Waals surface area contributed by atoms with Crippen molar-refractivity contribution in [1.29, 1.82) is 0 Å². The van der Waals surface area contributed by atoms with Crippen molar-refractivity contribution < 1.29 is 22.0 Å². The highest BCUT2D eigenvalue weighted by molar-refractivity contribution is 4.98. The molecule has 0 saturated carbocycles. The molecule has 0 fully saturated rings. The van der Waals surface area contributed by atoms with Crippen molar-refractivity contribution in [1.82, 2.24) is 0 Å². The van der Waals surface area contributed by atoms with E-state index in [4.69, 9.17) is 0 Å². The molecule has 0 aromatic rings. The minimum absolute atomic E-state index is 0.132. The third-order valence-corrected chi connectivity index (χ3v) is 0.941. The fourth-order valence-corrected chi connectivity index (χ4v) is 0.360. The van der Waals surface area contributed by atoms with Crippen molar-refractivity contribution in [3.8, 4) is 0 Å². The Hall–Kier alpha value is -0.610. The summed E-state index contributed by atoms with van der Waals surface area (Å²) in [6.07, 6.45) is -4.66. The lowest BCUT2D eigenvalue weighted by Crippen LogP contribution is -2.33. The number of hydrogen-bond donors (Lipinski definition) is 0. The first kappa shape index (κ1) is 10.4. The van der Waals surface area contributed by atoms with Gasteiger partial charge in [-0.15, -0.1) is 0 Å². The molecule has 0 rings (SSSR count). The Labute approximate surface area is 60.7 Å². The summed E-state index contributed by atoms with van der Waals surface area (Å²) in [5.74, 6) is -4.69. The third kappa shape index (κ3) is 2.86. The monoisotopic (exact) mass is 174 g/mol. The fourth-order valence-electron chi connectivity index (χ4n) is 0.360. The van der Waals surface area contributed by atoms with Crippen LogP contribution in [0.1, 0.15) is 13.3 Å². The Bertz CT molecular complexity index is 144. The Balaban J connectivity index is 4.34. The normalized spacial score (nSPS) is 14.4. The van der Waals surface area contributed by atoms with Gasteiger partial charge in [-0.2, -0.15) is 22.0 Å². The SMILES string of the molecule is CC/C=C/C(F)(F)C(F)(F)F. The zero-order chi connectivity index (χ0) is 9.12. The van der Waals surface area contributed by atoms with E-state index in [9.17, 15) is 22.0 Å². The highest BCUT2D eigenvalue weighted by atomic mass is 19.4. The van der Waals surface area contributed by atoms with Crippen LogP contribution < -0.4 is 0 Å². The van der Waals surface area contributed by atoms with E-state index in [2.05, 4.69) is 0 Å². The first-order chi connectivity index (χ1) is 4.81. The van der Waals surface area contributed by atoms with Gasteiger partial charge >= 0.3 is 12.1 Å². The molecule has 0 N–H and O–H groups in total. The Morgan fingerprint density at radius 3 is 1.82 bits per heavy atom. The van der Waals surface area contributed by atoms with Crippen LogP contribution in [-0.2, 0) is 0 Å². The standard InChI is InChI=1S/C6H7F5/c1-2-3-4-5(7,8)6(9,10)11/h3-4H,2H2,1H3/b4-3+. The van der Waals surface area contributed by atoms with Gasteiger partial charge in [0, 0.05) is 0 Å². The quantitative estimate of drug-likeness (QED) is 0.445. The van der Waals surface area contributed by atoms with Gasteiger partial charge in [-0.05, 0) is 12.5 Å². The van der Waals surface area contributed by atoms with Crippen molar-refractivity contribution in [2.24, 2.45) is 0 Å². The van der Waals surface area contributed by atoms with Crippen molar-refractivity contribution in [2.75, 3.05) is 0 Å². The summed E-state index contributed by atoms with van der Waals surface area (Å²) in [6.45, 7) is 1.48. The van der Waals surface area contributed by atoms with Gasteiger partial charge in [0.05, 0.1) is 0 Å². The van der Waals surface area contributed by atoms with Crippen LogP contribution in [0, 0.1) is 0 Å². The number of allylic oxidation sites excluding steroid dienone is 2. The second-order valence-corrected chi connectivity index (χ2v) is 1.93. The number of halogens is 5. The van der Waals surface area contributed by atoms with Crippen molar-refractivity contribution in [2.45, 2.75) is 25.4 Å². The first-order valence-corrected chi connectivity index (χ1v) is 2.93. The molecule has 0 unspecified atom stereocenters. The minimum Gasteiger partial charge on any atom is -0.192 e. The predicted molar refractivity (Wildman–Crippen MR) is 30.4 cm³/mol. The molecule has 0 aliphatic heterocycles. The molecule has 5 heteroatoms. The maximum atomic E-state index is 11.9. The lowest BCUT2D eigenvalue weighted by molar-refractivity contribution is -0.259. The van der Waals surface area contributed by atoms with Crippen LogP contribution in [-0.4, -0.2) is 12.1 Å². The van der Waals surface area contributed by atoms with E-state index >= 15 is 0 Å². The summed E-state index contributed by atoms with van der Waals surface area (Å²) in [6, 6.07) is 0. The van der Waals surface area contributed by atoms with Crippen LogP contribution in [0.4, 0.5) is 22.0 Å². The zero-order valence-corrected chi connectivity index (χ0v) is 5.75. The summed E-state index contributed by atoms with van der Waals surface area (Å²) < 4.78 is 57.9. The molecule has 0 atom stereocenters. The van der Waals surface area contributed by atoms with E-state index in [1.54, 1.807) is 0 Å². The Kier molecular flexibility index (Phi) is 3.02. The van der Waals surface area contributed by atoms with Gasteiger partial charge in [0.25, 0.3) is 0 Å². The summed E-state index contributed by atoms with van der Waals surface area (Å²) in [7, 11) is 0. The highest BCUT2D eigenvalue weighted by Crippen LogP contribution is 2.36. The van der Waals surface area contributed by atoms with Crippen LogP contribution in [0.25, 0.3) is 0 Å². The molecule has 0 nitrogen and oxygen atoms in total. The molecule has 0 aliphatic rings. The average molecular weight is 174 g/mol. The van der Waals surface area contributed by atoms with Gasteiger partial charge in [-0.25, -0.2) is 0 Å². The van der Waals surface area contributed by atoms with Crippen LogP contribution >= 0.6 is 0 Å². The van der Waals surface area contributed by atoms with Crippen LogP contribution in [0.3, 0.4) is 0 Å². The fraction of sp³-hybridized carbons (Fsp3) is 0.667. The summed E-state index contributed by atoms with van der Waals surface area (Å²) >= 11 is 0. The predicted octanol–water partition coefficient (Wildman–Crippen LogP) is 3.15. The molecule has 0 saturated heterocycles. The number of alkyl halides is 5. The molecule has 0 aromatic carbocycles. The second kappa shape index (κ2) is 3.19. The molecule has 0 aromatic heterocycles. The lowest BCUT2D eigenvalue weighted by atomic mass is 10.3. The van der Waals surface area contributed by atoms with Gasteiger partial charge in [-0.1, -0.05) is 13.0 Å². The minimum atomic E-state index is -5.47. The Morgan fingerprint density at radius 1 is 1.09 bits per heavy atom. The molecular formula is C6H7F5. The maximum absolute atomic E-state index is 11.9. The van der Waals surface area contributed by atoms with Crippen molar-refractivity contribution in [3.05, 3.63) is 12.2 Å². The van der Waals surface area contributed by atoms with Crippen molar-refractivity contribution >= 4 is 0 Å². The molecule has 0 aliphatic carbocycles. The molecule has 0 heterocycles. The third-order valence-electron chi connectivity index (χ3n) is 0.941. The highest BCUT2D eigenvalue weighted by Gasteiger charge is 2.55. The van der Waals surface area contributed by atoms with E-state index in [-0.39, 0.29) is 12.5 Å². The largest absolute Gasteiger partial charge is 0.457 e. The van der Waals surface area contributed by atoms with Crippen molar-refractivity contribution in [3.63, 3.8) is 0 Å². The second-order valence-electron chi connectivity index (χ2n) is 1.93. The molecule has 0 bridgehead atoms. The summed E-state index contributed by atoms with van der Waals surface area (Å²) in [5, 5.41) is 0. The van der Waals surface area contributed by atoms with E-state index in [0.29, 0.717) is 0 Å². The van der Waals surface area contributed by atoms with Gasteiger partial charge in [-0.3, -0.25) is 0 Å². The van der Waals surface area contributed by atoms with Gasteiger partial charge in [0.2, 0.25) is 0 Å². The number of hydrogen-bond acceptors (Lipinski definition) is 0. The van der Waals surface area contributed by atoms with Crippen LogP contribution in [0.5, 0.6) is 0 Å². The topological polar surface area (TPSA) is 0 Å². The summed E-state index contributed by atoms with van der Waals surface area (Å²) in [4.78, 5) is 0. The van der Waals surface area contributed by atoms with Gasteiger partial charge < -0.3 is 0 Å². The molecule has 0 radical (unpaired) electrons. The van der Waals surface area contributed by atoms with E-state index in [0.717, 1.165) is 6.08 Å². The number of rotatable bonds is 2. The summed E-state index contributed by atoms with van der Waals surface area (Å²) in [5.41, 5.74) is 0. The van der Waals surface area contributed by atoms with Gasteiger partial charge in [0.15, 0.2) is 0 Å². The Morgan fingerprint density at radius 2 is 1.55 bits per heavy atom.